The minimum atomic E-state index is 0.0683. The van der Waals surface area contributed by atoms with E-state index in [1.165, 1.54) is 0 Å². The van der Waals surface area contributed by atoms with Gasteiger partial charge in [0.2, 0.25) is 11.8 Å². The van der Waals surface area contributed by atoms with Crippen LogP contribution >= 0.6 is 0 Å². The highest BCUT2D eigenvalue weighted by Crippen LogP contribution is 1.91. The Morgan fingerprint density at radius 3 is 2.28 bits per heavy atom. The Morgan fingerprint density at radius 1 is 1.00 bits per heavy atom. The maximum Gasteiger partial charge on any atom is 0.223 e. The molecule has 0 unspecified atom stereocenters. The third-order valence-corrected chi connectivity index (χ3v) is 2.60. The Hall–Kier alpha value is -1.10. The van der Waals surface area contributed by atoms with Crippen LogP contribution in [0.15, 0.2) is 0 Å². The summed E-state index contributed by atoms with van der Waals surface area (Å²) in [7, 11) is 1.82. The number of amides is 2. The van der Waals surface area contributed by atoms with Crippen LogP contribution in [0.25, 0.3) is 0 Å². The van der Waals surface area contributed by atoms with Gasteiger partial charge < -0.3 is 15.5 Å². The summed E-state index contributed by atoms with van der Waals surface area (Å²) < 4.78 is 0. The van der Waals surface area contributed by atoms with E-state index >= 15 is 0 Å². The first kappa shape index (κ1) is 16.9. The predicted molar refractivity (Wildman–Crippen MR) is 73.3 cm³/mol. The number of hydrogen-bond acceptors (Lipinski definition) is 3. The minimum absolute atomic E-state index is 0.0683. The Labute approximate surface area is 110 Å². The molecule has 0 spiro atoms. The second-order valence-electron chi connectivity index (χ2n) is 4.42. The van der Waals surface area contributed by atoms with Crippen LogP contribution in [-0.2, 0) is 9.59 Å². The number of carbonyl (C=O) groups is 2. The molecule has 0 radical (unpaired) electrons. The average molecular weight is 257 g/mol. The molecule has 18 heavy (non-hydrogen) atoms. The van der Waals surface area contributed by atoms with Gasteiger partial charge in [0.15, 0.2) is 0 Å². The minimum Gasteiger partial charge on any atom is -0.356 e. The standard InChI is InChI=1S/C13H27N3O2/c1-4-8-15-12(17)6-9-14-10-7-13(18)16(3)11-5-2/h14H,4-11H2,1-3H3,(H,15,17). The van der Waals surface area contributed by atoms with Crippen molar-refractivity contribution in [3.63, 3.8) is 0 Å². The smallest absolute Gasteiger partial charge is 0.223 e. The van der Waals surface area contributed by atoms with Crippen molar-refractivity contribution in [3.8, 4) is 0 Å². The number of carbonyl (C=O) groups excluding carboxylic acids is 2. The molecule has 2 N–H and O–H groups in total. The highest BCUT2D eigenvalue weighted by atomic mass is 16.2. The van der Waals surface area contributed by atoms with Gasteiger partial charge in [0.05, 0.1) is 0 Å². The molecule has 0 aliphatic heterocycles. The van der Waals surface area contributed by atoms with Gasteiger partial charge in [-0.15, -0.1) is 0 Å². The molecule has 0 saturated carbocycles. The third kappa shape index (κ3) is 8.98. The van der Waals surface area contributed by atoms with E-state index in [2.05, 4.69) is 17.6 Å². The third-order valence-electron chi connectivity index (χ3n) is 2.60. The zero-order valence-electron chi connectivity index (χ0n) is 11.9. The molecule has 0 aliphatic rings. The molecule has 0 saturated heterocycles. The number of nitrogens with one attached hydrogen (secondary N) is 2. The average Bonchev–Trinajstić information content (AvgIpc) is 2.35. The molecular weight excluding hydrogens is 230 g/mol. The summed E-state index contributed by atoms with van der Waals surface area (Å²) in [5, 5.41) is 5.93. The fourth-order valence-electron chi connectivity index (χ4n) is 1.53. The fourth-order valence-corrected chi connectivity index (χ4v) is 1.53. The van der Waals surface area contributed by atoms with E-state index in [1.54, 1.807) is 4.90 Å². The van der Waals surface area contributed by atoms with Crippen molar-refractivity contribution in [2.45, 2.75) is 39.5 Å². The van der Waals surface area contributed by atoms with E-state index in [4.69, 9.17) is 0 Å². The zero-order chi connectivity index (χ0) is 13.8. The van der Waals surface area contributed by atoms with E-state index in [0.717, 1.165) is 25.9 Å². The number of nitrogens with zero attached hydrogens (tertiary/aromatic N) is 1. The van der Waals surface area contributed by atoms with Crippen molar-refractivity contribution in [2.75, 3.05) is 33.2 Å². The lowest BCUT2D eigenvalue weighted by Crippen LogP contribution is -2.32. The monoisotopic (exact) mass is 257 g/mol. The molecule has 0 atom stereocenters. The second kappa shape index (κ2) is 11.0. The van der Waals surface area contributed by atoms with Crippen molar-refractivity contribution < 1.29 is 9.59 Å². The van der Waals surface area contributed by atoms with Gasteiger partial charge in [-0.2, -0.15) is 0 Å². The summed E-state index contributed by atoms with van der Waals surface area (Å²) in [5.74, 6) is 0.221. The van der Waals surface area contributed by atoms with Crippen molar-refractivity contribution >= 4 is 11.8 Å². The maximum absolute atomic E-state index is 11.6. The largest absolute Gasteiger partial charge is 0.356 e. The predicted octanol–water partition coefficient (Wildman–Crippen LogP) is 0.751. The van der Waals surface area contributed by atoms with Crippen LogP contribution in [0.4, 0.5) is 0 Å². The summed E-state index contributed by atoms with van der Waals surface area (Å²) >= 11 is 0. The van der Waals surface area contributed by atoms with E-state index in [9.17, 15) is 9.59 Å². The Bertz CT molecular complexity index is 244. The molecular formula is C13H27N3O2. The Kier molecular flexibility index (Phi) is 10.3. The molecule has 0 bridgehead atoms. The molecule has 0 aliphatic carbocycles. The van der Waals surface area contributed by atoms with Gasteiger partial charge in [-0.25, -0.2) is 0 Å². The summed E-state index contributed by atoms with van der Waals surface area (Å²) in [6.45, 7) is 6.87. The molecule has 0 aromatic heterocycles. The van der Waals surface area contributed by atoms with Crippen molar-refractivity contribution in [1.82, 2.24) is 15.5 Å². The Balaban J connectivity index is 3.45. The van der Waals surface area contributed by atoms with Crippen LogP contribution in [0.2, 0.25) is 0 Å². The maximum atomic E-state index is 11.6. The van der Waals surface area contributed by atoms with Crippen LogP contribution in [0.5, 0.6) is 0 Å². The molecule has 0 aromatic rings. The van der Waals surface area contributed by atoms with E-state index in [-0.39, 0.29) is 11.8 Å². The Morgan fingerprint density at radius 2 is 1.67 bits per heavy atom. The topological polar surface area (TPSA) is 61.4 Å². The SMILES string of the molecule is CCCNC(=O)CCNCCC(=O)N(C)CCC. The summed E-state index contributed by atoms with van der Waals surface area (Å²) in [6, 6.07) is 0. The van der Waals surface area contributed by atoms with Gasteiger partial charge in [-0.3, -0.25) is 9.59 Å². The van der Waals surface area contributed by atoms with Crippen LogP contribution in [0.1, 0.15) is 39.5 Å². The molecule has 5 nitrogen and oxygen atoms in total. The van der Waals surface area contributed by atoms with Gasteiger partial charge in [0, 0.05) is 46.1 Å². The fraction of sp³-hybridized carbons (Fsp3) is 0.846. The molecule has 0 fully saturated rings. The van der Waals surface area contributed by atoms with Gasteiger partial charge in [0.1, 0.15) is 0 Å². The van der Waals surface area contributed by atoms with Crippen molar-refractivity contribution in [3.05, 3.63) is 0 Å². The summed E-state index contributed by atoms with van der Waals surface area (Å²) in [4.78, 5) is 24.6. The summed E-state index contributed by atoms with van der Waals surface area (Å²) in [5.41, 5.74) is 0. The molecule has 0 rings (SSSR count). The zero-order valence-corrected chi connectivity index (χ0v) is 11.9. The highest BCUT2D eigenvalue weighted by Gasteiger charge is 2.06. The number of rotatable bonds is 10. The van der Waals surface area contributed by atoms with Crippen LogP contribution in [0, 0.1) is 0 Å². The van der Waals surface area contributed by atoms with E-state index in [1.807, 2.05) is 14.0 Å². The normalized spacial score (nSPS) is 10.2. The molecule has 106 valence electrons. The molecule has 5 heteroatoms. The van der Waals surface area contributed by atoms with Crippen LogP contribution in [0.3, 0.4) is 0 Å². The lowest BCUT2D eigenvalue weighted by Gasteiger charge is -2.15. The van der Waals surface area contributed by atoms with Gasteiger partial charge in [0.25, 0.3) is 0 Å². The molecule has 0 heterocycles. The first-order valence-electron chi connectivity index (χ1n) is 6.83. The second-order valence-corrected chi connectivity index (χ2v) is 4.42. The lowest BCUT2D eigenvalue weighted by atomic mass is 10.3. The number of hydrogen-bond donors (Lipinski definition) is 2. The first-order chi connectivity index (χ1) is 8.61. The van der Waals surface area contributed by atoms with Crippen LogP contribution in [-0.4, -0.2) is 49.9 Å². The van der Waals surface area contributed by atoms with E-state index in [0.29, 0.717) is 25.9 Å². The first-order valence-corrected chi connectivity index (χ1v) is 6.83. The van der Waals surface area contributed by atoms with E-state index < -0.39 is 0 Å². The quantitative estimate of drug-likeness (QED) is 0.568. The van der Waals surface area contributed by atoms with Crippen LogP contribution < -0.4 is 10.6 Å². The molecule has 0 aromatic carbocycles. The van der Waals surface area contributed by atoms with Gasteiger partial charge in [-0.1, -0.05) is 13.8 Å². The van der Waals surface area contributed by atoms with Crippen molar-refractivity contribution in [1.29, 1.82) is 0 Å². The van der Waals surface area contributed by atoms with Gasteiger partial charge >= 0.3 is 0 Å². The summed E-state index contributed by atoms with van der Waals surface area (Å²) in [6.07, 6.45) is 2.90. The highest BCUT2D eigenvalue weighted by molar-refractivity contribution is 5.76. The van der Waals surface area contributed by atoms with Crippen molar-refractivity contribution in [2.24, 2.45) is 0 Å². The molecule has 2 amide bonds. The lowest BCUT2D eigenvalue weighted by molar-refractivity contribution is -0.129. The van der Waals surface area contributed by atoms with Gasteiger partial charge in [-0.05, 0) is 12.8 Å².